The molecule has 0 fully saturated rings. The van der Waals surface area contributed by atoms with E-state index in [1.165, 1.54) is 17.4 Å². The van der Waals surface area contributed by atoms with Gasteiger partial charge in [-0.3, -0.25) is 4.72 Å². The predicted octanol–water partition coefficient (Wildman–Crippen LogP) is 5.12. The van der Waals surface area contributed by atoms with Gasteiger partial charge in [-0.2, -0.15) is 0 Å². The predicted molar refractivity (Wildman–Crippen MR) is 133 cm³/mol. The number of hydrogen-bond donors (Lipinski definition) is 3. The number of thiophene rings is 1. The van der Waals surface area contributed by atoms with Gasteiger partial charge in [0, 0.05) is 4.88 Å². The number of benzene rings is 2. The second-order valence-corrected chi connectivity index (χ2v) is 10.9. The van der Waals surface area contributed by atoms with Gasteiger partial charge in [0.05, 0.1) is 21.5 Å². The average molecular weight is 495 g/mol. The number of carboxylic acids is 1. The third-order valence-electron chi connectivity index (χ3n) is 5.80. The normalized spacial score (nSPS) is 13.4. The molecule has 4 aromatic rings. The number of sulfonamides is 1. The average Bonchev–Trinajstić information content (AvgIpc) is 3.17. The van der Waals surface area contributed by atoms with E-state index >= 15 is 0 Å². The molecule has 34 heavy (non-hydrogen) atoms. The molecule has 0 amide bonds. The number of aromatic carboxylic acids is 1. The largest absolute Gasteiger partial charge is 0.478 e. The van der Waals surface area contributed by atoms with E-state index in [1.54, 1.807) is 43.3 Å². The van der Waals surface area contributed by atoms with Gasteiger partial charge in [-0.15, -0.1) is 11.3 Å². The minimum atomic E-state index is -3.96. The fourth-order valence-corrected chi connectivity index (χ4v) is 6.72. The minimum Gasteiger partial charge on any atom is -0.478 e. The Morgan fingerprint density at radius 1 is 0.971 bits per heavy atom. The zero-order valence-corrected chi connectivity index (χ0v) is 20.0. The van der Waals surface area contributed by atoms with E-state index in [0.717, 1.165) is 29.7 Å². The van der Waals surface area contributed by atoms with Gasteiger partial charge in [0.2, 0.25) is 0 Å². The molecule has 2 aromatic carbocycles. The Hall–Kier alpha value is -3.50. The molecule has 0 saturated carbocycles. The number of aryl methyl sites for hydroxylation is 2. The maximum Gasteiger partial charge on any atom is 0.339 e. The molecular weight excluding hydrogens is 472 g/mol. The van der Waals surface area contributed by atoms with E-state index in [-0.39, 0.29) is 22.1 Å². The monoisotopic (exact) mass is 494 g/mol. The molecule has 0 bridgehead atoms. The molecule has 2 aromatic heterocycles. The summed E-state index contributed by atoms with van der Waals surface area (Å²) in [5.74, 6) is -0.862. The molecule has 1 aliphatic carbocycles. The van der Waals surface area contributed by atoms with Crippen molar-refractivity contribution < 1.29 is 18.3 Å². The molecule has 174 valence electrons. The van der Waals surface area contributed by atoms with E-state index in [2.05, 4.69) is 20.0 Å². The number of para-hydroxylation sites is 2. The Labute approximate surface area is 200 Å². The highest BCUT2D eigenvalue weighted by Gasteiger charge is 2.27. The van der Waals surface area contributed by atoms with Crippen LogP contribution >= 0.6 is 11.3 Å². The van der Waals surface area contributed by atoms with Crippen LogP contribution in [-0.4, -0.2) is 29.5 Å². The van der Waals surface area contributed by atoms with Crippen LogP contribution in [0.2, 0.25) is 0 Å². The summed E-state index contributed by atoms with van der Waals surface area (Å²) in [6.07, 6.45) is 3.51. The Balaban J connectivity index is 1.62. The Morgan fingerprint density at radius 3 is 2.32 bits per heavy atom. The number of aromatic nitrogens is 2. The number of carboxylic acid groups (broad SMARTS) is 1. The number of carbonyl (C=O) groups is 1. The van der Waals surface area contributed by atoms with Gasteiger partial charge >= 0.3 is 5.97 Å². The van der Waals surface area contributed by atoms with Crippen LogP contribution < -0.4 is 10.0 Å². The lowest BCUT2D eigenvalue weighted by Crippen LogP contribution is -2.17. The second kappa shape index (κ2) is 8.69. The molecule has 0 spiro atoms. The summed E-state index contributed by atoms with van der Waals surface area (Å²) in [6, 6.07) is 13.8. The SMILES string of the molecule is Cc1ccccc1S(=O)(=O)Nc1nc2ccccc2nc1Nc1sc2c(c1C(=O)O)CCCC2. The van der Waals surface area contributed by atoms with Gasteiger partial charge < -0.3 is 10.4 Å². The number of nitrogens with one attached hydrogen (secondary N) is 2. The molecule has 0 aliphatic heterocycles. The summed E-state index contributed by atoms with van der Waals surface area (Å²) in [5, 5.41) is 13.4. The first-order valence-corrected chi connectivity index (χ1v) is 13.1. The van der Waals surface area contributed by atoms with Crippen molar-refractivity contribution in [1.82, 2.24) is 9.97 Å². The number of fused-ring (bicyclic) bond motifs is 2. The van der Waals surface area contributed by atoms with Crippen LogP contribution in [-0.2, 0) is 22.9 Å². The van der Waals surface area contributed by atoms with Gasteiger partial charge in [0.25, 0.3) is 10.0 Å². The number of anilines is 3. The highest BCUT2D eigenvalue weighted by atomic mass is 32.2. The van der Waals surface area contributed by atoms with E-state index in [0.29, 0.717) is 28.0 Å². The molecule has 1 aliphatic rings. The van der Waals surface area contributed by atoms with Crippen molar-refractivity contribution in [3.63, 3.8) is 0 Å². The Kier molecular flexibility index (Phi) is 5.70. The van der Waals surface area contributed by atoms with Crippen molar-refractivity contribution in [3.8, 4) is 0 Å². The summed E-state index contributed by atoms with van der Waals surface area (Å²) in [6.45, 7) is 1.72. The summed E-state index contributed by atoms with van der Waals surface area (Å²) >= 11 is 1.38. The van der Waals surface area contributed by atoms with Crippen molar-refractivity contribution >= 4 is 55.0 Å². The highest BCUT2D eigenvalue weighted by molar-refractivity contribution is 7.92. The second-order valence-electron chi connectivity index (χ2n) is 8.13. The van der Waals surface area contributed by atoms with Crippen molar-refractivity contribution in [2.24, 2.45) is 0 Å². The minimum absolute atomic E-state index is 0.00432. The molecule has 0 saturated heterocycles. The quantitative estimate of drug-likeness (QED) is 0.340. The first kappa shape index (κ1) is 22.3. The third-order valence-corrected chi connectivity index (χ3v) is 8.51. The van der Waals surface area contributed by atoms with Crippen molar-refractivity contribution in [1.29, 1.82) is 0 Å². The van der Waals surface area contributed by atoms with E-state index in [4.69, 9.17) is 0 Å². The fraction of sp³-hybridized carbons (Fsp3) is 0.208. The summed E-state index contributed by atoms with van der Waals surface area (Å²) < 4.78 is 29.0. The van der Waals surface area contributed by atoms with Crippen LogP contribution in [0.5, 0.6) is 0 Å². The van der Waals surface area contributed by atoms with Crippen LogP contribution in [0, 0.1) is 6.92 Å². The van der Waals surface area contributed by atoms with Crippen LogP contribution in [0.4, 0.5) is 16.6 Å². The number of hydrogen-bond acceptors (Lipinski definition) is 7. The lowest BCUT2D eigenvalue weighted by Gasteiger charge is -2.14. The van der Waals surface area contributed by atoms with Crippen LogP contribution in [0.25, 0.3) is 11.0 Å². The molecule has 3 N–H and O–H groups in total. The van der Waals surface area contributed by atoms with Gasteiger partial charge in [0.15, 0.2) is 11.6 Å². The van der Waals surface area contributed by atoms with Crippen LogP contribution in [0.3, 0.4) is 0 Å². The maximum absolute atomic E-state index is 13.2. The Bertz CT molecular complexity index is 1530. The topological polar surface area (TPSA) is 121 Å². The van der Waals surface area contributed by atoms with Crippen molar-refractivity contribution in [2.75, 3.05) is 10.0 Å². The smallest absolute Gasteiger partial charge is 0.339 e. The third kappa shape index (κ3) is 4.10. The van der Waals surface area contributed by atoms with Crippen molar-refractivity contribution in [3.05, 3.63) is 70.1 Å². The zero-order valence-electron chi connectivity index (χ0n) is 18.3. The zero-order chi connectivity index (χ0) is 23.9. The first-order valence-electron chi connectivity index (χ1n) is 10.8. The number of rotatable bonds is 6. The van der Waals surface area contributed by atoms with E-state index in [9.17, 15) is 18.3 Å². The molecule has 2 heterocycles. The molecule has 0 unspecified atom stereocenters. The summed E-state index contributed by atoms with van der Waals surface area (Å²) in [5.41, 5.74) is 2.74. The maximum atomic E-state index is 13.2. The van der Waals surface area contributed by atoms with Gasteiger partial charge in [-0.05, 0) is 61.9 Å². The molecule has 0 atom stereocenters. The summed E-state index contributed by atoms with van der Waals surface area (Å²) in [4.78, 5) is 22.4. The first-order chi connectivity index (χ1) is 16.3. The van der Waals surface area contributed by atoms with Gasteiger partial charge in [0.1, 0.15) is 5.00 Å². The molecular formula is C24H22N4O4S2. The van der Waals surface area contributed by atoms with Crippen molar-refractivity contribution in [2.45, 2.75) is 37.5 Å². The van der Waals surface area contributed by atoms with Gasteiger partial charge in [-0.25, -0.2) is 23.2 Å². The lowest BCUT2D eigenvalue weighted by molar-refractivity contribution is 0.0697. The molecule has 8 nitrogen and oxygen atoms in total. The molecule has 0 radical (unpaired) electrons. The molecule has 5 rings (SSSR count). The standard InChI is InChI=1S/C24H22N4O4S2/c1-14-8-2-7-13-19(14)34(31,32)28-22-21(25-16-10-4-5-11-17(16)26-22)27-23-20(24(29)30)15-9-3-6-12-18(15)33-23/h2,4-5,7-8,10-11,13H,3,6,9,12H2,1H3,(H,25,27)(H,26,28)(H,29,30). The Morgan fingerprint density at radius 2 is 1.62 bits per heavy atom. The van der Waals surface area contributed by atoms with E-state index < -0.39 is 16.0 Å². The van der Waals surface area contributed by atoms with Gasteiger partial charge in [-0.1, -0.05) is 30.3 Å². The lowest BCUT2D eigenvalue weighted by atomic mass is 9.95. The number of nitrogens with zero attached hydrogens (tertiary/aromatic N) is 2. The fourth-order valence-electron chi connectivity index (χ4n) is 4.19. The van der Waals surface area contributed by atoms with Crippen LogP contribution in [0.1, 0.15) is 39.2 Å². The van der Waals surface area contributed by atoms with Crippen LogP contribution in [0.15, 0.2) is 53.4 Å². The highest BCUT2D eigenvalue weighted by Crippen LogP contribution is 2.40. The molecule has 10 heteroatoms. The van der Waals surface area contributed by atoms with E-state index in [1.807, 2.05) is 6.07 Å². The summed E-state index contributed by atoms with van der Waals surface area (Å²) in [7, 11) is -3.96.